The van der Waals surface area contributed by atoms with Gasteiger partial charge in [0.15, 0.2) is 0 Å². The summed E-state index contributed by atoms with van der Waals surface area (Å²) in [5, 5.41) is 2.55. The summed E-state index contributed by atoms with van der Waals surface area (Å²) in [6.45, 7) is 5.17. The molecule has 1 aliphatic carbocycles. The standard InChI is InChI=1S/C37H36BrN3O8/c1-37(2,3)49-34(43)39-32(20-23-16-18-25(19-17-23)48-36(45)47-21-24-10-4-9-15-31(24)38)33(42)40-41-35(44)46-22-30-28-13-7-5-11-26(28)27-12-6-8-14-29(27)30/h4-19,30,32H,20-22H2,1-3H3,(H,39,43)(H,40,42)(H,41,44)/t32-/m1/s1. The quantitative estimate of drug-likeness (QED) is 0.0713. The zero-order valence-corrected chi connectivity index (χ0v) is 28.7. The molecule has 0 heterocycles. The average Bonchev–Trinajstić information content (AvgIpc) is 3.39. The number of ether oxygens (including phenoxy) is 4. The van der Waals surface area contributed by atoms with Gasteiger partial charge in [0.1, 0.15) is 30.6 Å². The van der Waals surface area contributed by atoms with Crippen molar-refractivity contribution in [2.24, 2.45) is 0 Å². The van der Waals surface area contributed by atoms with E-state index in [4.69, 9.17) is 18.9 Å². The molecule has 12 heteroatoms. The maximum Gasteiger partial charge on any atom is 0.514 e. The molecule has 11 nitrogen and oxygen atoms in total. The van der Waals surface area contributed by atoms with E-state index >= 15 is 0 Å². The molecule has 254 valence electrons. The molecule has 5 rings (SSSR count). The first kappa shape index (κ1) is 35.0. The first-order chi connectivity index (χ1) is 23.5. The second-order valence-corrected chi connectivity index (χ2v) is 13.1. The molecule has 3 amide bonds. The van der Waals surface area contributed by atoms with Crippen LogP contribution in [0.1, 0.15) is 48.9 Å². The van der Waals surface area contributed by atoms with E-state index in [0.717, 1.165) is 32.3 Å². The SMILES string of the molecule is CC(C)(C)OC(=O)N[C@H](Cc1ccc(OC(=O)OCc2ccccc2Br)cc1)C(=O)NNC(=O)OCC1c2ccccc2-c2ccccc21. The first-order valence-corrected chi connectivity index (χ1v) is 16.3. The van der Waals surface area contributed by atoms with Gasteiger partial charge < -0.3 is 24.3 Å². The Morgan fingerprint density at radius 2 is 1.37 bits per heavy atom. The van der Waals surface area contributed by atoms with Crippen molar-refractivity contribution in [2.45, 2.75) is 51.4 Å². The van der Waals surface area contributed by atoms with Crippen LogP contribution < -0.4 is 20.9 Å². The van der Waals surface area contributed by atoms with Gasteiger partial charge in [-0.1, -0.05) is 94.8 Å². The second kappa shape index (κ2) is 15.7. The van der Waals surface area contributed by atoms with Crippen molar-refractivity contribution in [1.82, 2.24) is 16.2 Å². The molecule has 0 saturated carbocycles. The van der Waals surface area contributed by atoms with Crippen molar-refractivity contribution >= 4 is 40.2 Å². The molecule has 0 unspecified atom stereocenters. The summed E-state index contributed by atoms with van der Waals surface area (Å²) in [6.07, 6.45) is -2.54. The van der Waals surface area contributed by atoms with E-state index in [9.17, 15) is 19.2 Å². The zero-order valence-electron chi connectivity index (χ0n) is 27.2. The van der Waals surface area contributed by atoms with E-state index in [1.54, 1.807) is 32.9 Å². The Morgan fingerprint density at radius 1 is 0.755 bits per heavy atom. The summed E-state index contributed by atoms with van der Waals surface area (Å²) in [7, 11) is 0. The number of halogens is 1. The van der Waals surface area contributed by atoms with Gasteiger partial charge in [-0.3, -0.25) is 10.2 Å². The maximum atomic E-state index is 13.2. The predicted octanol–water partition coefficient (Wildman–Crippen LogP) is 7.17. The number of nitrogens with one attached hydrogen (secondary N) is 3. The number of benzene rings is 4. The van der Waals surface area contributed by atoms with Gasteiger partial charge in [-0.05, 0) is 66.8 Å². The highest BCUT2D eigenvalue weighted by molar-refractivity contribution is 9.10. The third kappa shape index (κ3) is 9.60. The Bertz CT molecular complexity index is 1780. The number of hydrogen-bond donors (Lipinski definition) is 3. The topological polar surface area (TPSA) is 141 Å². The van der Waals surface area contributed by atoms with Crippen LogP contribution in [0, 0.1) is 0 Å². The van der Waals surface area contributed by atoms with Gasteiger partial charge in [0.2, 0.25) is 0 Å². The molecule has 0 aliphatic heterocycles. The minimum atomic E-state index is -1.15. The van der Waals surface area contributed by atoms with E-state index in [1.165, 1.54) is 12.1 Å². The molecule has 1 atom stereocenters. The molecule has 0 saturated heterocycles. The van der Waals surface area contributed by atoms with Gasteiger partial charge in [0.25, 0.3) is 5.91 Å². The molecule has 0 aromatic heterocycles. The number of hydrogen-bond acceptors (Lipinski definition) is 8. The van der Waals surface area contributed by atoms with Crippen molar-refractivity contribution in [2.75, 3.05) is 6.61 Å². The van der Waals surface area contributed by atoms with Gasteiger partial charge in [-0.25, -0.2) is 19.8 Å². The van der Waals surface area contributed by atoms with Crippen LogP contribution in [0.3, 0.4) is 0 Å². The highest BCUT2D eigenvalue weighted by atomic mass is 79.9. The lowest BCUT2D eigenvalue weighted by molar-refractivity contribution is -0.124. The fourth-order valence-corrected chi connectivity index (χ4v) is 5.70. The zero-order chi connectivity index (χ0) is 35.0. The first-order valence-electron chi connectivity index (χ1n) is 15.5. The van der Waals surface area contributed by atoms with Crippen LogP contribution in [-0.4, -0.2) is 42.5 Å². The second-order valence-electron chi connectivity index (χ2n) is 12.2. The third-order valence-corrected chi connectivity index (χ3v) is 8.28. The summed E-state index contributed by atoms with van der Waals surface area (Å²) in [6, 6.07) is 28.4. The van der Waals surface area contributed by atoms with Crippen LogP contribution in [0.15, 0.2) is 102 Å². The predicted molar refractivity (Wildman–Crippen MR) is 185 cm³/mol. The van der Waals surface area contributed by atoms with Gasteiger partial charge in [0, 0.05) is 22.4 Å². The van der Waals surface area contributed by atoms with E-state index in [-0.39, 0.29) is 31.3 Å². The number of alkyl carbamates (subject to hydrolysis) is 1. The highest BCUT2D eigenvalue weighted by Crippen LogP contribution is 2.44. The Hall–Kier alpha value is -5.36. The molecule has 3 N–H and O–H groups in total. The molecule has 4 aromatic carbocycles. The Balaban J connectivity index is 1.16. The molecular formula is C37H36BrN3O8. The number of amides is 3. The van der Waals surface area contributed by atoms with E-state index in [2.05, 4.69) is 32.1 Å². The largest absolute Gasteiger partial charge is 0.514 e. The van der Waals surface area contributed by atoms with Crippen LogP contribution in [0.5, 0.6) is 5.75 Å². The highest BCUT2D eigenvalue weighted by Gasteiger charge is 2.30. The summed E-state index contributed by atoms with van der Waals surface area (Å²) in [5.41, 5.74) is 9.48. The fraction of sp³-hybridized carbons (Fsp3) is 0.243. The lowest BCUT2D eigenvalue weighted by Gasteiger charge is -2.23. The van der Waals surface area contributed by atoms with Crippen molar-refractivity contribution < 1.29 is 38.1 Å². The Morgan fingerprint density at radius 3 is 2.00 bits per heavy atom. The number of rotatable bonds is 9. The minimum Gasteiger partial charge on any atom is -0.447 e. The number of carbonyl (C=O) groups excluding carboxylic acids is 4. The fourth-order valence-electron chi connectivity index (χ4n) is 5.30. The summed E-state index contributed by atoms with van der Waals surface area (Å²) < 4.78 is 22.1. The molecule has 0 spiro atoms. The van der Waals surface area contributed by atoms with Crippen LogP contribution in [-0.2, 0) is 32.0 Å². The van der Waals surface area contributed by atoms with Crippen molar-refractivity contribution in [3.05, 3.63) is 124 Å². The molecule has 49 heavy (non-hydrogen) atoms. The normalized spacial score (nSPS) is 12.5. The van der Waals surface area contributed by atoms with Gasteiger partial charge in [0.05, 0.1) is 0 Å². The van der Waals surface area contributed by atoms with Gasteiger partial charge in [-0.2, -0.15) is 0 Å². The van der Waals surface area contributed by atoms with Crippen LogP contribution in [0.2, 0.25) is 0 Å². The molecule has 1 aliphatic rings. The monoisotopic (exact) mass is 729 g/mol. The summed E-state index contributed by atoms with van der Waals surface area (Å²) >= 11 is 3.40. The number of fused-ring (bicyclic) bond motifs is 3. The molecule has 0 radical (unpaired) electrons. The molecule has 0 fully saturated rings. The van der Waals surface area contributed by atoms with Crippen molar-refractivity contribution in [3.8, 4) is 16.9 Å². The van der Waals surface area contributed by atoms with E-state index in [1.807, 2.05) is 72.8 Å². The van der Waals surface area contributed by atoms with Crippen LogP contribution in [0.25, 0.3) is 11.1 Å². The van der Waals surface area contributed by atoms with E-state index in [0.29, 0.717) is 5.56 Å². The average molecular weight is 731 g/mol. The third-order valence-electron chi connectivity index (χ3n) is 7.51. The van der Waals surface area contributed by atoms with E-state index < -0.39 is 35.9 Å². The maximum absolute atomic E-state index is 13.2. The van der Waals surface area contributed by atoms with Crippen LogP contribution in [0.4, 0.5) is 14.4 Å². The minimum absolute atomic E-state index is 0.0181. The summed E-state index contributed by atoms with van der Waals surface area (Å²) in [5.74, 6) is -0.649. The van der Waals surface area contributed by atoms with Crippen LogP contribution >= 0.6 is 15.9 Å². The van der Waals surface area contributed by atoms with Gasteiger partial charge in [-0.15, -0.1) is 0 Å². The lowest BCUT2D eigenvalue weighted by atomic mass is 9.98. The summed E-state index contributed by atoms with van der Waals surface area (Å²) in [4.78, 5) is 50.7. The van der Waals surface area contributed by atoms with Crippen molar-refractivity contribution in [1.29, 1.82) is 0 Å². The smallest absolute Gasteiger partial charge is 0.447 e. The lowest BCUT2D eigenvalue weighted by Crippen LogP contribution is -2.54. The number of hydrazine groups is 1. The molecule has 0 bridgehead atoms. The Labute approximate surface area is 292 Å². The van der Waals surface area contributed by atoms with Gasteiger partial charge >= 0.3 is 18.3 Å². The molecular weight excluding hydrogens is 694 g/mol. The molecule has 4 aromatic rings. The Kier molecular flexibility index (Phi) is 11.2. The van der Waals surface area contributed by atoms with Crippen molar-refractivity contribution in [3.63, 3.8) is 0 Å². The number of carbonyl (C=O) groups is 4.